The van der Waals surface area contributed by atoms with Gasteiger partial charge in [0.2, 0.25) is 0 Å². The summed E-state index contributed by atoms with van der Waals surface area (Å²) in [6, 6.07) is 16.2. The van der Waals surface area contributed by atoms with Gasteiger partial charge in [-0.1, -0.05) is 35.9 Å². The molecule has 1 fully saturated rings. The van der Waals surface area contributed by atoms with Crippen molar-refractivity contribution in [3.63, 3.8) is 0 Å². The van der Waals surface area contributed by atoms with Crippen LogP contribution in [0.4, 0.5) is 0 Å². The molecule has 0 amide bonds. The summed E-state index contributed by atoms with van der Waals surface area (Å²) in [5, 5.41) is 10.1. The van der Waals surface area contributed by atoms with Crippen LogP contribution in [0.1, 0.15) is 30.0 Å². The lowest BCUT2D eigenvalue weighted by Gasteiger charge is -2.25. The molecule has 3 rings (SSSR count). The minimum Gasteiger partial charge on any atom is -0.508 e. The van der Waals surface area contributed by atoms with Crippen molar-refractivity contribution in [1.82, 2.24) is 4.90 Å². The van der Waals surface area contributed by atoms with Gasteiger partial charge < -0.3 is 5.11 Å². The van der Waals surface area contributed by atoms with E-state index in [2.05, 4.69) is 17.0 Å². The number of halogens is 1. The summed E-state index contributed by atoms with van der Waals surface area (Å²) in [6.45, 7) is 2.04. The second-order valence-electron chi connectivity index (χ2n) is 5.35. The van der Waals surface area contributed by atoms with Gasteiger partial charge in [0, 0.05) is 17.6 Å². The summed E-state index contributed by atoms with van der Waals surface area (Å²) in [5.74, 6) is 0.324. The molecule has 1 saturated heterocycles. The molecule has 1 N–H and O–H groups in total. The first-order chi connectivity index (χ1) is 9.72. The summed E-state index contributed by atoms with van der Waals surface area (Å²) < 4.78 is 0. The molecule has 0 spiro atoms. The third-order valence-electron chi connectivity index (χ3n) is 3.94. The van der Waals surface area contributed by atoms with E-state index in [9.17, 15) is 5.11 Å². The minimum absolute atomic E-state index is 0.324. The predicted molar refractivity (Wildman–Crippen MR) is 81.9 cm³/mol. The predicted octanol–water partition coefficient (Wildman–Crippen LogP) is 4.38. The minimum atomic E-state index is 0.324. The highest BCUT2D eigenvalue weighted by atomic mass is 35.5. The number of likely N-dealkylation sites (tertiary alicyclic amines) is 1. The lowest BCUT2D eigenvalue weighted by molar-refractivity contribution is 0.248. The maximum atomic E-state index is 9.35. The fourth-order valence-corrected chi connectivity index (χ4v) is 3.04. The molecule has 2 nitrogen and oxygen atoms in total. The van der Waals surface area contributed by atoms with Crippen molar-refractivity contribution in [3.05, 3.63) is 64.7 Å². The fourth-order valence-electron chi connectivity index (χ4n) is 2.91. The third kappa shape index (κ3) is 2.97. The van der Waals surface area contributed by atoms with E-state index in [1.54, 1.807) is 12.1 Å². The summed E-state index contributed by atoms with van der Waals surface area (Å²) in [5.41, 5.74) is 2.58. The Morgan fingerprint density at radius 3 is 2.45 bits per heavy atom. The summed E-state index contributed by atoms with van der Waals surface area (Å²) in [6.07, 6.45) is 2.42. The van der Waals surface area contributed by atoms with Crippen molar-refractivity contribution in [2.75, 3.05) is 6.54 Å². The van der Waals surface area contributed by atoms with Gasteiger partial charge in [-0.3, -0.25) is 4.90 Å². The van der Waals surface area contributed by atoms with Gasteiger partial charge in [0.25, 0.3) is 0 Å². The molecule has 0 aliphatic carbocycles. The average molecular weight is 288 g/mol. The zero-order valence-corrected chi connectivity index (χ0v) is 12.1. The smallest absolute Gasteiger partial charge is 0.115 e. The molecule has 0 saturated carbocycles. The quantitative estimate of drug-likeness (QED) is 0.905. The molecular weight excluding hydrogens is 270 g/mol. The molecule has 0 unspecified atom stereocenters. The van der Waals surface area contributed by atoms with Crippen molar-refractivity contribution in [1.29, 1.82) is 0 Å². The fraction of sp³-hybridized carbons (Fsp3) is 0.294. The number of phenols is 1. The van der Waals surface area contributed by atoms with E-state index in [1.807, 2.05) is 24.3 Å². The maximum absolute atomic E-state index is 9.35. The summed E-state index contributed by atoms with van der Waals surface area (Å²) >= 11 is 5.96. The lowest BCUT2D eigenvalue weighted by Crippen LogP contribution is -2.22. The number of phenolic OH excluding ortho intramolecular Hbond substituents is 1. The highest BCUT2D eigenvalue weighted by Gasteiger charge is 2.25. The normalized spacial score (nSPS) is 19.4. The SMILES string of the molecule is Oc1ccc(CN2CCC[C@@H]2c2ccc(Cl)cc2)cc1. The third-order valence-corrected chi connectivity index (χ3v) is 4.19. The van der Waals surface area contributed by atoms with E-state index in [1.165, 1.54) is 24.0 Å². The van der Waals surface area contributed by atoms with Crippen LogP contribution >= 0.6 is 11.6 Å². The van der Waals surface area contributed by atoms with Crippen LogP contribution in [-0.2, 0) is 6.54 Å². The zero-order chi connectivity index (χ0) is 13.9. The Kier molecular flexibility index (Phi) is 3.95. The van der Waals surface area contributed by atoms with Crippen LogP contribution in [0.25, 0.3) is 0 Å². The van der Waals surface area contributed by atoms with E-state index in [-0.39, 0.29) is 0 Å². The number of rotatable bonds is 3. The molecule has 1 aliphatic heterocycles. The van der Waals surface area contributed by atoms with E-state index >= 15 is 0 Å². The van der Waals surface area contributed by atoms with E-state index in [0.717, 1.165) is 18.1 Å². The Morgan fingerprint density at radius 2 is 1.75 bits per heavy atom. The van der Waals surface area contributed by atoms with Crippen LogP contribution in [0, 0.1) is 0 Å². The molecule has 104 valence electrons. The van der Waals surface area contributed by atoms with Crippen LogP contribution < -0.4 is 0 Å². The van der Waals surface area contributed by atoms with Gasteiger partial charge in [0.15, 0.2) is 0 Å². The first-order valence-electron chi connectivity index (χ1n) is 7.00. The number of nitrogens with zero attached hydrogens (tertiary/aromatic N) is 1. The van der Waals surface area contributed by atoms with Gasteiger partial charge in [-0.15, -0.1) is 0 Å². The van der Waals surface area contributed by atoms with Crippen molar-refractivity contribution in [3.8, 4) is 5.75 Å². The number of aromatic hydroxyl groups is 1. The van der Waals surface area contributed by atoms with Crippen LogP contribution in [-0.4, -0.2) is 16.6 Å². The van der Waals surface area contributed by atoms with Gasteiger partial charge in [-0.25, -0.2) is 0 Å². The van der Waals surface area contributed by atoms with Crippen molar-refractivity contribution >= 4 is 11.6 Å². The van der Waals surface area contributed by atoms with Gasteiger partial charge >= 0.3 is 0 Å². The molecule has 1 atom stereocenters. The van der Waals surface area contributed by atoms with Crippen LogP contribution in [0.15, 0.2) is 48.5 Å². The molecule has 20 heavy (non-hydrogen) atoms. The van der Waals surface area contributed by atoms with Crippen LogP contribution in [0.2, 0.25) is 5.02 Å². The molecule has 2 aromatic carbocycles. The Morgan fingerprint density at radius 1 is 1.05 bits per heavy atom. The monoisotopic (exact) mass is 287 g/mol. The van der Waals surface area contributed by atoms with Crippen LogP contribution in [0.3, 0.4) is 0 Å². The van der Waals surface area contributed by atoms with Crippen LogP contribution in [0.5, 0.6) is 5.75 Å². The van der Waals surface area contributed by atoms with Gasteiger partial charge in [0.05, 0.1) is 0 Å². The molecule has 0 aromatic heterocycles. The number of benzene rings is 2. The molecule has 2 aromatic rings. The zero-order valence-electron chi connectivity index (χ0n) is 11.3. The van der Waals surface area contributed by atoms with Crippen molar-refractivity contribution < 1.29 is 5.11 Å². The number of hydrogen-bond donors (Lipinski definition) is 1. The largest absolute Gasteiger partial charge is 0.508 e. The lowest BCUT2D eigenvalue weighted by atomic mass is 10.0. The summed E-state index contributed by atoms with van der Waals surface area (Å²) in [4.78, 5) is 2.50. The Labute approximate surface area is 124 Å². The Balaban J connectivity index is 1.75. The summed E-state index contributed by atoms with van der Waals surface area (Å²) in [7, 11) is 0. The molecule has 0 radical (unpaired) electrons. The standard InChI is InChI=1S/C17H18ClNO/c18-15-7-5-14(6-8-15)17-2-1-11-19(17)12-13-3-9-16(20)10-4-13/h3-10,17,20H,1-2,11-12H2/t17-/m1/s1. The molecule has 3 heteroatoms. The van der Waals surface area contributed by atoms with Gasteiger partial charge in [-0.05, 0) is 54.8 Å². The molecule has 1 heterocycles. The topological polar surface area (TPSA) is 23.5 Å². The first kappa shape index (κ1) is 13.5. The van der Waals surface area contributed by atoms with E-state index in [0.29, 0.717) is 11.8 Å². The van der Waals surface area contributed by atoms with Crippen molar-refractivity contribution in [2.45, 2.75) is 25.4 Å². The number of hydrogen-bond acceptors (Lipinski definition) is 2. The highest BCUT2D eigenvalue weighted by molar-refractivity contribution is 6.30. The van der Waals surface area contributed by atoms with Gasteiger partial charge in [0.1, 0.15) is 5.75 Å². The highest BCUT2D eigenvalue weighted by Crippen LogP contribution is 2.33. The van der Waals surface area contributed by atoms with Crippen molar-refractivity contribution in [2.24, 2.45) is 0 Å². The maximum Gasteiger partial charge on any atom is 0.115 e. The first-order valence-corrected chi connectivity index (χ1v) is 7.37. The second-order valence-corrected chi connectivity index (χ2v) is 5.78. The molecular formula is C17H18ClNO. The van der Waals surface area contributed by atoms with E-state index < -0.39 is 0 Å². The molecule has 1 aliphatic rings. The molecule has 0 bridgehead atoms. The Hall–Kier alpha value is -1.51. The Bertz CT molecular complexity index is 565. The second kappa shape index (κ2) is 5.86. The van der Waals surface area contributed by atoms with Gasteiger partial charge in [-0.2, -0.15) is 0 Å². The average Bonchev–Trinajstić information content (AvgIpc) is 2.90. The van der Waals surface area contributed by atoms with E-state index in [4.69, 9.17) is 11.6 Å².